The smallest absolute Gasteiger partial charge is 0.125 e. The van der Waals surface area contributed by atoms with Crippen LogP contribution in [0.4, 0.5) is 4.39 Å². The molecule has 0 atom stereocenters. The van der Waals surface area contributed by atoms with E-state index >= 15 is 0 Å². The molecule has 0 radical (unpaired) electrons. The number of halogens is 1. The van der Waals surface area contributed by atoms with Gasteiger partial charge >= 0.3 is 0 Å². The van der Waals surface area contributed by atoms with Gasteiger partial charge in [-0.05, 0) is 24.1 Å². The molecule has 0 unspecified atom stereocenters. The molecule has 0 aromatic heterocycles. The van der Waals surface area contributed by atoms with Crippen molar-refractivity contribution in [1.29, 1.82) is 0 Å². The van der Waals surface area contributed by atoms with Crippen LogP contribution < -0.4 is 0 Å². The lowest BCUT2D eigenvalue weighted by atomic mass is 10.2. The van der Waals surface area contributed by atoms with Crippen molar-refractivity contribution >= 4 is 6.08 Å². The molecule has 0 aliphatic rings. The minimum Gasteiger partial charge on any atom is -0.207 e. The third-order valence-corrected chi connectivity index (χ3v) is 1.74. The van der Waals surface area contributed by atoms with E-state index < -0.39 is 0 Å². The zero-order valence-electron chi connectivity index (χ0n) is 8.20. The number of rotatable bonds is 3. The van der Waals surface area contributed by atoms with Crippen LogP contribution in [0.3, 0.4) is 0 Å². The average Bonchev–Trinajstić information content (AvgIpc) is 2.19. The molecule has 72 valence electrons. The van der Waals surface area contributed by atoms with Crippen LogP contribution >= 0.6 is 0 Å². The summed E-state index contributed by atoms with van der Waals surface area (Å²) in [7, 11) is 0. The van der Waals surface area contributed by atoms with Crippen molar-refractivity contribution in [1.82, 2.24) is 0 Å². The third kappa shape index (κ3) is 3.40. The Kier molecular flexibility index (Phi) is 3.86. The standard InChI is InChI=1S/C13H13F/c1-11(2)13(14)10-6-9-12-7-4-3-5-8-12/h3-10H,1H2,2H3/b9-6+,13-10-. The first-order valence-corrected chi connectivity index (χ1v) is 4.45. The van der Waals surface area contributed by atoms with Gasteiger partial charge in [-0.2, -0.15) is 0 Å². The Morgan fingerprint density at radius 1 is 1.29 bits per heavy atom. The Hall–Kier alpha value is -1.63. The van der Waals surface area contributed by atoms with E-state index in [1.165, 1.54) is 6.08 Å². The number of allylic oxidation sites excluding steroid dienone is 4. The van der Waals surface area contributed by atoms with E-state index in [2.05, 4.69) is 6.58 Å². The summed E-state index contributed by atoms with van der Waals surface area (Å²) in [4.78, 5) is 0. The topological polar surface area (TPSA) is 0 Å². The van der Waals surface area contributed by atoms with Gasteiger partial charge in [0.25, 0.3) is 0 Å². The highest BCUT2D eigenvalue weighted by atomic mass is 19.1. The summed E-state index contributed by atoms with van der Waals surface area (Å²) in [5.74, 6) is -0.280. The molecule has 1 aromatic carbocycles. The summed E-state index contributed by atoms with van der Waals surface area (Å²) in [6, 6.07) is 9.75. The van der Waals surface area contributed by atoms with Gasteiger partial charge in [0.15, 0.2) is 0 Å². The van der Waals surface area contributed by atoms with Gasteiger partial charge in [-0.15, -0.1) is 0 Å². The summed E-state index contributed by atoms with van der Waals surface area (Å²) in [5.41, 5.74) is 1.50. The highest BCUT2D eigenvalue weighted by Crippen LogP contribution is 2.08. The van der Waals surface area contributed by atoms with Crippen molar-refractivity contribution in [3.05, 3.63) is 66.0 Å². The fourth-order valence-corrected chi connectivity index (χ4v) is 0.950. The van der Waals surface area contributed by atoms with Crippen LogP contribution in [0.2, 0.25) is 0 Å². The quantitative estimate of drug-likeness (QED) is 0.625. The highest BCUT2D eigenvalue weighted by molar-refractivity contribution is 5.51. The fraction of sp³-hybridized carbons (Fsp3) is 0.0769. The molecule has 0 fully saturated rings. The lowest BCUT2D eigenvalue weighted by Crippen LogP contribution is -1.72. The van der Waals surface area contributed by atoms with Gasteiger partial charge in [-0.1, -0.05) is 49.1 Å². The molecule has 1 rings (SSSR count). The van der Waals surface area contributed by atoms with Crippen LogP contribution in [0.5, 0.6) is 0 Å². The molecule has 0 saturated carbocycles. The van der Waals surface area contributed by atoms with E-state index in [0.717, 1.165) is 5.56 Å². The first kappa shape index (κ1) is 10.5. The Labute approximate surface area is 84.1 Å². The second-order valence-corrected chi connectivity index (χ2v) is 3.06. The van der Waals surface area contributed by atoms with Crippen molar-refractivity contribution in [2.45, 2.75) is 6.92 Å². The number of hydrogen-bond donors (Lipinski definition) is 0. The van der Waals surface area contributed by atoms with Crippen LogP contribution in [0.15, 0.2) is 60.5 Å². The summed E-state index contributed by atoms with van der Waals surface area (Å²) < 4.78 is 12.9. The van der Waals surface area contributed by atoms with Crippen LogP contribution in [-0.2, 0) is 0 Å². The van der Waals surface area contributed by atoms with Crippen LogP contribution in [0.1, 0.15) is 12.5 Å². The van der Waals surface area contributed by atoms with Crippen molar-refractivity contribution < 1.29 is 4.39 Å². The molecule has 1 aromatic rings. The van der Waals surface area contributed by atoms with Gasteiger partial charge < -0.3 is 0 Å². The minimum absolute atomic E-state index is 0.280. The van der Waals surface area contributed by atoms with Gasteiger partial charge in [-0.3, -0.25) is 0 Å². The number of hydrogen-bond acceptors (Lipinski definition) is 0. The summed E-state index contributed by atoms with van der Waals surface area (Å²) in [5, 5.41) is 0. The zero-order chi connectivity index (χ0) is 10.4. The molecule has 0 N–H and O–H groups in total. The van der Waals surface area contributed by atoms with E-state index in [-0.39, 0.29) is 5.83 Å². The second-order valence-electron chi connectivity index (χ2n) is 3.06. The molecule has 0 aliphatic carbocycles. The van der Waals surface area contributed by atoms with Crippen LogP contribution in [-0.4, -0.2) is 0 Å². The Bertz CT molecular complexity index is 358. The molecule has 0 bridgehead atoms. The molecular formula is C13H13F. The predicted octanol–water partition coefficient (Wildman–Crippen LogP) is 4.13. The van der Waals surface area contributed by atoms with E-state index in [1.807, 2.05) is 36.4 Å². The van der Waals surface area contributed by atoms with Crippen LogP contribution in [0, 0.1) is 0 Å². The molecule has 0 spiro atoms. The molecule has 0 aliphatic heterocycles. The monoisotopic (exact) mass is 188 g/mol. The van der Waals surface area contributed by atoms with Crippen molar-refractivity contribution in [3.63, 3.8) is 0 Å². The molecular weight excluding hydrogens is 175 g/mol. The SMILES string of the molecule is C=C(C)/C(F)=C/C=C/c1ccccc1. The predicted molar refractivity (Wildman–Crippen MR) is 59.5 cm³/mol. The number of benzene rings is 1. The molecule has 0 amide bonds. The first-order chi connectivity index (χ1) is 6.70. The van der Waals surface area contributed by atoms with E-state index in [9.17, 15) is 4.39 Å². The highest BCUT2D eigenvalue weighted by Gasteiger charge is 1.90. The Balaban J connectivity index is 2.66. The largest absolute Gasteiger partial charge is 0.207 e. The van der Waals surface area contributed by atoms with Gasteiger partial charge in [0.05, 0.1) is 0 Å². The molecule has 0 saturated heterocycles. The van der Waals surface area contributed by atoms with Gasteiger partial charge in [0, 0.05) is 0 Å². The van der Waals surface area contributed by atoms with Gasteiger partial charge in [-0.25, -0.2) is 4.39 Å². The zero-order valence-corrected chi connectivity index (χ0v) is 8.20. The lowest BCUT2D eigenvalue weighted by molar-refractivity contribution is 0.653. The summed E-state index contributed by atoms with van der Waals surface area (Å²) >= 11 is 0. The Morgan fingerprint density at radius 3 is 2.50 bits per heavy atom. The maximum absolute atomic E-state index is 12.9. The average molecular weight is 188 g/mol. The maximum atomic E-state index is 12.9. The molecule has 0 heterocycles. The van der Waals surface area contributed by atoms with E-state index in [0.29, 0.717) is 5.57 Å². The van der Waals surface area contributed by atoms with Crippen LogP contribution in [0.25, 0.3) is 6.08 Å². The van der Waals surface area contributed by atoms with Crippen molar-refractivity contribution in [3.8, 4) is 0 Å². The summed E-state index contributed by atoms with van der Waals surface area (Å²) in [6.07, 6.45) is 4.94. The summed E-state index contributed by atoms with van der Waals surface area (Å²) in [6.45, 7) is 5.14. The Morgan fingerprint density at radius 2 is 1.93 bits per heavy atom. The van der Waals surface area contributed by atoms with Crippen molar-refractivity contribution in [2.24, 2.45) is 0 Å². The molecule has 14 heavy (non-hydrogen) atoms. The maximum Gasteiger partial charge on any atom is 0.125 e. The first-order valence-electron chi connectivity index (χ1n) is 4.45. The molecule has 1 heteroatoms. The fourth-order valence-electron chi connectivity index (χ4n) is 0.950. The minimum atomic E-state index is -0.280. The van der Waals surface area contributed by atoms with E-state index in [4.69, 9.17) is 0 Å². The van der Waals surface area contributed by atoms with Gasteiger partial charge in [0.2, 0.25) is 0 Å². The third-order valence-electron chi connectivity index (χ3n) is 1.74. The lowest BCUT2D eigenvalue weighted by Gasteiger charge is -1.91. The molecule has 0 nitrogen and oxygen atoms in total. The van der Waals surface area contributed by atoms with E-state index in [1.54, 1.807) is 13.0 Å². The van der Waals surface area contributed by atoms with Crippen molar-refractivity contribution in [2.75, 3.05) is 0 Å². The normalized spacial score (nSPS) is 12.0. The second kappa shape index (κ2) is 5.18. The van der Waals surface area contributed by atoms with Gasteiger partial charge in [0.1, 0.15) is 5.83 Å².